The molecule has 3 amide bonds. The van der Waals surface area contributed by atoms with Gasteiger partial charge in [-0.1, -0.05) is 19.9 Å². The summed E-state index contributed by atoms with van der Waals surface area (Å²) >= 11 is 0. The number of alkyl carbamates (subject to hydrolysis) is 1. The predicted octanol–water partition coefficient (Wildman–Crippen LogP) is 2.35. The lowest BCUT2D eigenvalue weighted by molar-refractivity contribution is -0.134. The van der Waals surface area contributed by atoms with Gasteiger partial charge in [0.2, 0.25) is 11.8 Å². The van der Waals surface area contributed by atoms with Gasteiger partial charge in [-0.15, -0.1) is 0 Å². The summed E-state index contributed by atoms with van der Waals surface area (Å²) in [6.45, 7) is 9.46. The molecule has 1 unspecified atom stereocenters. The van der Waals surface area contributed by atoms with Crippen LogP contribution in [0.3, 0.4) is 0 Å². The van der Waals surface area contributed by atoms with E-state index in [1.54, 1.807) is 20.8 Å². The highest BCUT2D eigenvalue weighted by molar-refractivity contribution is 5.96. The zero-order chi connectivity index (χ0) is 27.3. The zero-order valence-electron chi connectivity index (χ0n) is 21.9. The van der Waals surface area contributed by atoms with E-state index < -0.39 is 35.2 Å². The molecule has 0 saturated heterocycles. The number of nitrogens with zero attached hydrogens (tertiary/aromatic N) is 1. The number of allylic oxidation sites excluding steroid dienone is 1. The monoisotopic (exact) mass is 506 g/mol. The van der Waals surface area contributed by atoms with Gasteiger partial charge in [0.05, 0.1) is 7.11 Å². The van der Waals surface area contributed by atoms with E-state index in [0.29, 0.717) is 12.5 Å². The topological polar surface area (TPSA) is 145 Å². The van der Waals surface area contributed by atoms with Gasteiger partial charge in [-0.25, -0.2) is 9.59 Å². The van der Waals surface area contributed by atoms with Crippen molar-refractivity contribution in [1.82, 2.24) is 15.2 Å². The number of anilines is 1. The molecule has 11 nitrogen and oxygen atoms in total. The molecule has 0 aromatic carbocycles. The maximum atomic E-state index is 13.0. The number of methoxy groups -OCH3 is 1. The third-order valence-electron chi connectivity index (χ3n) is 4.72. The molecule has 1 atom stereocenters. The van der Waals surface area contributed by atoms with Gasteiger partial charge in [-0.3, -0.25) is 14.4 Å². The molecular weight excluding hydrogens is 468 g/mol. The van der Waals surface area contributed by atoms with Crippen LogP contribution < -0.4 is 21.5 Å². The molecule has 0 aliphatic rings. The fourth-order valence-corrected chi connectivity index (χ4v) is 2.92. The molecule has 1 aromatic heterocycles. The van der Waals surface area contributed by atoms with Crippen LogP contribution in [-0.4, -0.2) is 53.7 Å². The molecule has 3 N–H and O–H groups in total. The van der Waals surface area contributed by atoms with Crippen molar-refractivity contribution in [3.8, 4) is 0 Å². The summed E-state index contributed by atoms with van der Waals surface area (Å²) in [5.41, 5.74) is -1.39. The molecule has 0 aliphatic heterocycles. The van der Waals surface area contributed by atoms with Crippen LogP contribution >= 0.6 is 0 Å². The summed E-state index contributed by atoms with van der Waals surface area (Å²) in [6.07, 6.45) is 4.58. The van der Waals surface area contributed by atoms with Crippen LogP contribution in [0.4, 0.5) is 10.5 Å². The number of rotatable bonds is 12. The standard InChI is InChI=1S/C25H38N4O7/c1-17(2)13-14-26-20(30)16-29-15-9-11-19(23(29)33)27-22(32)18(10-7-8-12-21(31)35-6)28-24(34)36-25(3,4)5/h8-9,11-12,15,17-18H,7,10,13-14,16H2,1-6H3,(H,26,30)(H,27,32)(H,28,34). The average Bonchev–Trinajstić information content (AvgIpc) is 2.76. The first-order valence-corrected chi connectivity index (χ1v) is 11.8. The van der Waals surface area contributed by atoms with Crippen LogP contribution in [0.1, 0.15) is 53.9 Å². The lowest BCUT2D eigenvalue weighted by Crippen LogP contribution is -2.46. The maximum Gasteiger partial charge on any atom is 0.408 e. The van der Waals surface area contributed by atoms with E-state index in [2.05, 4.69) is 20.7 Å². The van der Waals surface area contributed by atoms with Gasteiger partial charge in [0.1, 0.15) is 23.9 Å². The molecule has 1 heterocycles. The summed E-state index contributed by atoms with van der Waals surface area (Å²) in [7, 11) is 1.24. The summed E-state index contributed by atoms with van der Waals surface area (Å²) in [4.78, 5) is 61.5. The molecule has 0 saturated carbocycles. The number of amides is 3. The van der Waals surface area contributed by atoms with Crippen molar-refractivity contribution in [2.24, 2.45) is 5.92 Å². The van der Waals surface area contributed by atoms with Crippen LogP contribution in [0.2, 0.25) is 0 Å². The highest BCUT2D eigenvalue weighted by Gasteiger charge is 2.25. The summed E-state index contributed by atoms with van der Waals surface area (Å²) < 4.78 is 10.9. The van der Waals surface area contributed by atoms with Gasteiger partial charge in [0.15, 0.2) is 0 Å². The largest absolute Gasteiger partial charge is 0.466 e. The van der Waals surface area contributed by atoms with E-state index in [1.807, 2.05) is 13.8 Å². The Hall–Kier alpha value is -3.63. The van der Waals surface area contributed by atoms with Crippen LogP contribution in [0, 0.1) is 5.92 Å². The number of esters is 1. The summed E-state index contributed by atoms with van der Waals surface area (Å²) in [5.74, 6) is -1.08. The quantitative estimate of drug-likeness (QED) is 0.291. The predicted molar refractivity (Wildman–Crippen MR) is 135 cm³/mol. The molecule has 36 heavy (non-hydrogen) atoms. The van der Waals surface area contributed by atoms with Crippen molar-refractivity contribution >= 4 is 29.6 Å². The molecule has 0 spiro atoms. The zero-order valence-corrected chi connectivity index (χ0v) is 21.9. The van der Waals surface area contributed by atoms with Crippen molar-refractivity contribution in [2.45, 2.75) is 72.1 Å². The maximum absolute atomic E-state index is 13.0. The van der Waals surface area contributed by atoms with Crippen molar-refractivity contribution in [3.05, 3.63) is 40.8 Å². The fraction of sp³-hybridized carbons (Fsp3) is 0.560. The Labute approximate surface area is 211 Å². The van der Waals surface area contributed by atoms with Gasteiger partial charge >= 0.3 is 12.1 Å². The van der Waals surface area contributed by atoms with Crippen LogP contribution in [0.25, 0.3) is 0 Å². The molecule has 200 valence electrons. The van der Waals surface area contributed by atoms with Gasteiger partial charge < -0.3 is 30.0 Å². The summed E-state index contributed by atoms with van der Waals surface area (Å²) in [6, 6.07) is 1.89. The third kappa shape index (κ3) is 12.2. The molecular formula is C25H38N4O7. The van der Waals surface area contributed by atoms with E-state index >= 15 is 0 Å². The Kier molecular flexibility index (Phi) is 12.4. The number of carbonyl (C=O) groups is 4. The van der Waals surface area contributed by atoms with Crippen LogP contribution in [0.5, 0.6) is 0 Å². The Morgan fingerprint density at radius 3 is 2.44 bits per heavy atom. The molecule has 1 aromatic rings. The van der Waals surface area contributed by atoms with Gasteiger partial charge in [0, 0.05) is 18.8 Å². The van der Waals surface area contributed by atoms with Crippen molar-refractivity contribution < 1.29 is 28.7 Å². The smallest absolute Gasteiger partial charge is 0.408 e. The number of hydrogen-bond acceptors (Lipinski definition) is 7. The second kappa shape index (κ2) is 14.7. The van der Waals surface area contributed by atoms with Crippen molar-refractivity contribution in [3.63, 3.8) is 0 Å². The van der Waals surface area contributed by atoms with E-state index in [1.165, 1.54) is 42.2 Å². The van der Waals surface area contributed by atoms with Crippen molar-refractivity contribution in [2.75, 3.05) is 19.0 Å². The van der Waals surface area contributed by atoms with E-state index in [0.717, 1.165) is 6.42 Å². The number of hydrogen-bond donors (Lipinski definition) is 3. The first-order chi connectivity index (χ1) is 16.8. The highest BCUT2D eigenvalue weighted by atomic mass is 16.6. The average molecular weight is 507 g/mol. The molecule has 11 heteroatoms. The summed E-state index contributed by atoms with van der Waals surface area (Å²) in [5, 5.41) is 7.78. The number of carbonyl (C=O) groups excluding carboxylic acids is 4. The fourth-order valence-electron chi connectivity index (χ4n) is 2.92. The molecule has 0 aliphatic carbocycles. The lowest BCUT2D eigenvalue weighted by Gasteiger charge is -2.23. The minimum absolute atomic E-state index is 0.0430. The Balaban J connectivity index is 2.94. The number of ether oxygens (including phenoxy) is 2. The van der Waals surface area contributed by atoms with E-state index in [9.17, 15) is 24.0 Å². The molecule has 1 rings (SSSR count). The molecule has 0 radical (unpaired) electrons. The highest BCUT2D eigenvalue weighted by Crippen LogP contribution is 2.09. The Bertz CT molecular complexity index is 993. The Morgan fingerprint density at radius 2 is 1.83 bits per heavy atom. The van der Waals surface area contributed by atoms with Gasteiger partial charge in [-0.2, -0.15) is 0 Å². The first-order valence-electron chi connectivity index (χ1n) is 11.8. The second-order valence-corrected chi connectivity index (χ2v) is 9.58. The number of aromatic nitrogens is 1. The second-order valence-electron chi connectivity index (χ2n) is 9.58. The number of pyridine rings is 1. The normalized spacial score (nSPS) is 12.2. The van der Waals surface area contributed by atoms with E-state index in [4.69, 9.17) is 4.74 Å². The lowest BCUT2D eigenvalue weighted by atomic mass is 10.1. The van der Waals surface area contributed by atoms with E-state index in [-0.39, 0.29) is 31.0 Å². The molecule has 0 fully saturated rings. The molecule has 0 bridgehead atoms. The van der Waals surface area contributed by atoms with Gasteiger partial charge in [0.25, 0.3) is 5.56 Å². The number of nitrogens with one attached hydrogen (secondary N) is 3. The minimum Gasteiger partial charge on any atom is -0.466 e. The third-order valence-corrected chi connectivity index (χ3v) is 4.72. The van der Waals surface area contributed by atoms with Gasteiger partial charge in [-0.05, 0) is 58.1 Å². The first kappa shape index (κ1) is 30.4. The SMILES string of the molecule is COC(=O)C=CCCC(NC(=O)OC(C)(C)C)C(=O)Nc1cccn(CC(=O)NCCC(C)C)c1=O. The minimum atomic E-state index is -1.06. The van der Waals surface area contributed by atoms with Crippen molar-refractivity contribution in [1.29, 1.82) is 0 Å². The van der Waals surface area contributed by atoms with Crippen LogP contribution in [0.15, 0.2) is 35.3 Å². The van der Waals surface area contributed by atoms with Crippen LogP contribution in [-0.2, 0) is 30.4 Å². The Morgan fingerprint density at radius 1 is 1.14 bits per heavy atom.